The molecule has 0 aliphatic rings. The van der Waals surface area contributed by atoms with Gasteiger partial charge in [0.1, 0.15) is 4.60 Å². The molecule has 2 aromatic rings. The molecule has 0 amide bonds. The second-order valence-electron chi connectivity index (χ2n) is 4.04. The molecule has 1 aromatic carbocycles. The van der Waals surface area contributed by atoms with Crippen LogP contribution < -0.4 is 0 Å². The second-order valence-corrected chi connectivity index (χ2v) is 6.66. The Morgan fingerprint density at radius 1 is 1.14 bits per heavy atom. The van der Waals surface area contributed by atoms with E-state index >= 15 is 0 Å². The summed E-state index contributed by atoms with van der Waals surface area (Å²) >= 11 is 2.98. The third-order valence-corrected chi connectivity index (χ3v) is 5.17. The number of rotatable bonds is 3. The number of aldehydes is 1. The molecular formula is C12H7BrF3NO3S. The number of nitrogens with zero attached hydrogens (tertiary/aromatic N) is 1. The van der Waals surface area contributed by atoms with Gasteiger partial charge in [-0.25, -0.2) is 12.4 Å². The van der Waals surface area contributed by atoms with Gasteiger partial charge in [0.05, 0.1) is 10.5 Å². The lowest BCUT2D eigenvalue weighted by Gasteiger charge is -2.09. The molecular weight excluding hydrogens is 375 g/mol. The van der Waals surface area contributed by atoms with Crippen molar-refractivity contribution in [1.29, 1.82) is 0 Å². The molecule has 0 saturated carbocycles. The van der Waals surface area contributed by atoms with E-state index in [0.29, 0.717) is 18.4 Å². The molecule has 1 heterocycles. The van der Waals surface area contributed by atoms with E-state index in [-0.39, 0.29) is 15.1 Å². The van der Waals surface area contributed by atoms with Crippen LogP contribution in [0.3, 0.4) is 0 Å². The summed E-state index contributed by atoms with van der Waals surface area (Å²) in [4.78, 5) is 10.3. The fraction of sp³-hybridized carbons (Fsp3) is 0.0833. The summed E-state index contributed by atoms with van der Waals surface area (Å²) in [5.41, 5.74) is -0.820. The molecule has 0 aliphatic heterocycles. The SMILES string of the molecule is O=Cc1cc(Br)n(S(=O)(=O)c2ccc(C(F)(F)F)cc2)c1. The van der Waals surface area contributed by atoms with Crippen molar-refractivity contribution in [3.05, 3.63) is 52.3 Å². The predicted octanol–water partition coefficient (Wildman–Crippen LogP) is 3.32. The molecule has 0 radical (unpaired) electrons. The zero-order valence-electron chi connectivity index (χ0n) is 10.1. The molecule has 0 atom stereocenters. The molecule has 0 aliphatic carbocycles. The second kappa shape index (κ2) is 5.30. The number of aromatic nitrogens is 1. The molecule has 21 heavy (non-hydrogen) atoms. The minimum atomic E-state index is -4.54. The molecule has 0 unspecified atom stereocenters. The molecule has 0 N–H and O–H groups in total. The Morgan fingerprint density at radius 2 is 1.71 bits per heavy atom. The molecule has 2 rings (SSSR count). The highest BCUT2D eigenvalue weighted by molar-refractivity contribution is 9.10. The van der Waals surface area contributed by atoms with Crippen LogP contribution in [0.1, 0.15) is 15.9 Å². The van der Waals surface area contributed by atoms with Crippen LogP contribution in [0.2, 0.25) is 0 Å². The lowest BCUT2D eigenvalue weighted by atomic mass is 10.2. The van der Waals surface area contributed by atoms with Gasteiger partial charge in [-0.2, -0.15) is 13.2 Å². The van der Waals surface area contributed by atoms with Gasteiger partial charge in [-0.05, 0) is 46.3 Å². The molecule has 112 valence electrons. The first-order chi connectivity index (χ1) is 9.66. The predicted molar refractivity (Wildman–Crippen MR) is 71.5 cm³/mol. The summed E-state index contributed by atoms with van der Waals surface area (Å²) in [6.07, 6.45) is -3.01. The van der Waals surface area contributed by atoms with Crippen LogP contribution in [0, 0.1) is 0 Å². The number of alkyl halides is 3. The van der Waals surface area contributed by atoms with Gasteiger partial charge in [0, 0.05) is 11.8 Å². The monoisotopic (exact) mass is 381 g/mol. The Morgan fingerprint density at radius 3 is 2.14 bits per heavy atom. The number of carbonyl (C=O) groups is 1. The maximum atomic E-state index is 12.5. The van der Waals surface area contributed by atoms with Gasteiger partial charge in [-0.1, -0.05) is 0 Å². The van der Waals surface area contributed by atoms with Gasteiger partial charge in [-0.3, -0.25) is 4.79 Å². The largest absolute Gasteiger partial charge is 0.416 e. The fourth-order valence-electron chi connectivity index (χ4n) is 1.61. The number of benzene rings is 1. The van der Waals surface area contributed by atoms with Crippen molar-refractivity contribution >= 4 is 32.2 Å². The van der Waals surface area contributed by atoms with E-state index in [1.54, 1.807) is 0 Å². The van der Waals surface area contributed by atoms with E-state index in [0.717, 1.165) is 22.3 Å². The van der Waals surface area contributed by atoms with E-state index in [9.17, 15) is 26.4 Å². The molecule has 9 heteroatoms. The standard InChI is InChI=1S/C12H7BrF3NO3S/c13-11-5-8(7-18)6-17(11)21(19,20)10-3-1-9(2-4-10)12(14,15)16/h1-7H. The van der Waals surface area contributed by atoms with Crippen LogP contribution in [-0.4, -0.2) is 18.7 Å². The summed E-state index contributed by atoms with van der Waals surface area (Å²) in [5, 5.41) is 0. The van der Waals surface area contributed by atoms with Crippen molar-refractivity contribution in [3.8, 4) is 0 Å². The Kier molecular flexibility index (Phi) is 3.98. The molecule has 0 saturated heterocycles. The first-order valence-corrected chi connectivity index (χ1v) is 7.65. The highest BCUT2D eigenvalue weighted by atomic mass is 79.9. The van der Waals surface area contributed by atoms with Gasteiger partial charge >= 0.3 is 6.18 Å². The van der Waals surface area contributed by atoms with E-state index in [2.05, 4.69) is 15.9 Å². The molecule has 0 bridgehead atoms. The number of halogens is 4. The third-order valence-electron chi connectivity index (χ3n) is 2.64. The summed E-state index contributed by atoms with van der Waals surface area (Å²) in [7, 11) is -4.08. The Labute approximate surface area is 126 Å². The summed E-state index contributed by atoms with van der Waals surface area (Å²) in [6.45, 7) is 0. The molecule has 0 fully saturated rings. The van der Waals surface area contributed by atoms with Crippen molar-refractivity contribution < 1.29 is 26.4 Å². The maximum absolute atomic E-state index is 12.5. The van der Waals surface area contributed by atoms with Gasteiger partial charge < -0.3 is 0 Å². The van der Waals surface area contributed by atoms with E-state index < -0.39 is 21.8 Å². The lowest BCUT2D eigenvalue weighted by molar-refractivity contribution is -0.137. The summed E-state index contributed by atoms with van der Waals surface area (Å²) in [5.74, 6) is 0. The fourth-order valence-corrected chi connectivity index (χ4v) is 3.80. The number of hydrogen-bond donors (Lipinski definition) is 0. The number of hydrogen-bond acceptors (Lipinski definition) is 3. The first kappa shape index (κ1) is 15.8. The topological polar surface area (TPSA) is 56.1 Å². The van der Waals surface area contributed by atoms with Crippen molar-refractivity contribution in [2.24, 2.45) is 0 Å². The minimum Gasteiger partial charge on any atom is -0.298 e. The zero-order chi connectivity index (χ0) is 15.8. The molecule has 0 spiro atoms. The first-order valence-electron chi connectivity index (χ1n) is 5.42. The van der Waals surface area contributed by atoms with E-state index in [4.69, 9.17) is 0 Å². The molecule has 1 aromatic heterocycles. The van der Waals surface area contributed by atoms with E-state index in [1.807, 2.05) is 0 Å². The smallest absolute Gasteiger partial charge is 0.298 e. The highest BCUT2D eigenvalue weighted by Crippen LogP contribution is 2.30. The Hall–Kier alpha value is -1.61. The number of carbonyl (C=O) groups excluding carboxylic acids is 1. The van der Waals surface area contributed by atoms with Crippen LogP contribution in [0.15, 0.2) is 46.0 Å². The quantitative estimate of drug-likeness (QED) is 0.766. The Balaban J connectivity index is 2.49. The van der Waals surface area contributed by atoms with Gasteiger partial charge in [0.2, 0.25) is 0 Å². The van der Waals surface area contributed by atoms with Crippen molar-refractivity contribution in [2.75, 3.05) is 0 Å². The van der Waals surface area contributed by atoms with Crippen LogP contribution in [0.4, 0.5) is 13.2 Å². The van der Waals surface area contributed by atoms with Crippen molar-refractivity contribution in [1.82, 2.24) is 3.97 Å². The lowest BCUT2D eigenvalue weighted by Crippen LogP contribution is -2.13. The minimum absolute atomic E-state index is 0.101. The summed E-state index contributed by atoms with van der Waals surface area (Å²) in [6, 6.07) is 4.39. The maximum Gasteiger partial charge on any atom is 0.416 e. The average Bonchev–Trinajstić information content (AvgIpc) is 2.80. The van der Waals surface area contributed by atoms with Crippen molar-refractivity contribution in [2.45, 2.75) is 11.1 Å². The van der Waals surface area contributed by atoms with Gasteiger partial charge in [-0.15, -0.1) is 0 Å². The van der Waals surface area contributed by atoms with E-state index in [1.165, 1.54) is 6.07 Å². The van der Waals surface area contributed by atoms with Crippen LogP contribution in [0.5, 0.6) is 0 Å². The van der Waals surface area contributed by atoms with Crippen LogP contribution in [0.25, 0.3) is 0 Å². The third kappa shape index (κ3) is 3.03. The van der Waals surface area contributed by atoms with Gasteiger partial charge in [0.25, 0.3) is 10.0 Å². The van der Waals surface area contributed by atoms with Gasteiger partial charge in [0.15, 0.2) is 6.29 Å². The average molecular weight is 382 g/mol. The van der Waals surface area contributed by atoms with Crippen LogP contribution in [-0.2, 0) is 16.2 Å². The highest BCUT2D eigenvalue weighted by Gasteiger charge is 2.31. The summed E-state index contributed by atoms with van der Waals surface area (Å²) < 4.78 is 62.8. The molecule has 4 nitrogen and oxygen atoms in total. The zero-order valence-corrected chi connectivity index (χ0v) is 12.5. The Bertz CT molecular complexity index is 779. The van der Waals surface area contributed by atoms with Crippen LogP contribution >= 0.6 is 15.9 Å². The normalized spacial score (nSPS) is 12.4. The van der Waals surface area contributed by atoms with Crippen molar-refractivity contribution in [3.63, 3.8) is 0 Å².